The van der Waals surface area contributed by atoms with Crippen LogP contribution in [-0.4, -0.2) is 10.2 Å². The van der Waals surface area contributed by atoms with Gasteiger partial charge in [-0.25, -0.2) is 0 Å². The first-order valence-corrected chi connectivity index (χ1v) is 9.47. The average Bonchev–Trinajstić information content (AvgIpc) is 3.06. The molecule has 0 amide bonds. The van der Waals surface area contributed by atoms with Crippen LogP contribution in [0, 0.1) is 17.2 Å². The van der Waals surface area contributed by atoms with E-state index in [0.717, 1.165) is 42.5 Å². The largest absolute Gasteiger partial charge is 0.420 e. The molecule has 2 aliphatic rings. The van der Waals surface area contributed by atoms with Crippen LogP contribution in [-0.2, 0) is 0 Å². The maximum Gasteiger partial charge on any atom is 0.244 e. The third-order valence-electron chi connectivity index (χ3n) is 5.31. The number of nitriles is 1. The van der Waals surface area contributed by atoms with E-state index in [-0.39, 0.29) is 11.8 Å². The molecular weight excluding hydrogens is 371 g/mol. The predicted octanol–water partition coefficient (Wildman–Crippen LogP) is 5.13. The van der Waals surface area contributed by atoms with Crippen molar-refractivity contribution in [3.8, 4) is 23.2 Å². The zero-order valence-electron chi connectivity index (χ0n) is 14.1. The molecule has 0 spiro atoms. The summed E-state index contributed by atoms with van der Waals surface area (Å²) < 4.78 is 5.65. The number of halogens is 2. The molecule has 3 N–H and O–H groups in total. The molecule has 1 aromatic heterocycles. The van der Waals surface area contributed by atoms with Gasteiger partial charge in [0.1, 0.15) is 6.07 Å². The minimum Gasteiger partial charge on any atom is -0.420 e. The van der Waals surface area contributed by atoms with Gasteiger partial charge in [0.2, 0.25) is 11.8 Å². The molecule has 0 saturated heterocycles. The van der Waals surface area contributed by atoms with Crippen molar-refractivity contribution in [3.05, 3.63) is 45.3 Å². The SMILES string of the molecule is N#CC1=C(N)Oc2n[nH]c(-c3ccc(Cl)c(Cl)c3)c2[C@@H]1C1CCCCC1. The Labute approximate surface area is 161 Å². The van der Waals surface area contributed by atoms with Gasteiger partial charge in [-0.2, -0.15) is 5.26 Å². The van der Waals surface area contributed by atoms with Crippen LogP contribution in [0.1, 0.15) is 43.6 Å². The smallest absolute Gasteiger partial charge is 0.244 e. The predicted molar refractivity (Wildman–Crippen MR) is 101 cm³/mol. The summed E-state index contributed by atoms with van der Waals surface area (Å²) in [6.45, 7) is 0. The summed E-state index contributed by atoms with van der Waals surface area (Å²) in [5, 5.41) is 18.0. The fourth-order valence-corrected chi connectivity index (χ4v) is 4.39. The van der Waals surface area contributed by atoms with Crippen LogP contribution in [0.4, 0.5) is 0 Å². The zero-order valence-corrected chi connectivity index (χ0v) is 15.6. The second kappa shape index (κ2) is 6.86. The summed E-state index contributed by atoms with van der Waals surface area (Å²) in [5.74, 6) is 0.826. The van der Waals surface area contributed by atoms with Crippen molar-refractivity contribution >= 4 is 23.2 Å². The Hall–Kier alpha value is -2.16. The number of aromatic amines is 1. The number of H-pyrrole nitrogens is 1. The first kappa shape index (κ1) is 17.3. The van der Waals surface area contributed by atoms with E-state index in [1.54, 1.807) is 12.1 Å². The molecule has 134 valence electrons. The van der Waals surface area contributed by atoms with Crippen LogP contribution in [0.3, 0.4) is 0 Å². The van der Waals surface area contributed by atoms with Gasteiger partial charge in [0.25, 0.3) is 0 Å². The molecule has 2 aromatic rings. The van der Waals surface area contributed by atoms with Gasteiger partial charge in [0.15, 0.2) is 0 Å². The topological polar surface area (TPSA) is 87.7 Å². The van der Waals surface area contributed by atoms with Crippen molar-refractivity contribution in [2.24, 2.45) is 11.7 Å². The number of hydrogen-bond acceptors (Lipinski definition) is 4. The lowest BCUT2D eigenvalue weighted by atomic mass is 9.72. The number of ether oxygens (including phenoxy) is 1. The lowest BCUT2D eigenvalue weighted by molar-refractivity contribution is 0.297. The van der Waals surface area contributed by atoms with Gasteiger partial charge in [0.05, 0.1) is 26.9 Å². The number of aromatic nitrogens is 2. The second-order valence-electron chi connectivity index (χ2n) is 6.81. The number of nitrogens with zero attached hydrogens (tertiary/aromatic N) is 2. The van der Waals surface area contributed by atoms with E-state index >= 15 is 0 Å². The van der Waals surface area contributed by atoms with E-state index in [9.17, 15) is 5.26 Å². The van der Waals surface area contributed by atoms with Gasteiger partial charge in [-0.1, -0.05) is 48.5 Å². The number of fused-ring (bicyclic) bond motifs is 1. The van der Waals surface area contributed by atoms with Crippen LogP contribution in [0.25, 0.3) is 11.3 Å². The highest BCUT2D eigenvalue weighted by Gasteiger charge is 2.39. The summed E-state index contributed by atoms with van der Waals surface area (Å²) in [6, 6.07) is 7.70. The highest BCUT2D eigenvalue weighted by molar-refractivity contribution is 6.42. The monoisotopic (exact) mass is 388 g/mol. The Kier molecular flexibility index (Phi) is 4.56. The number of nitrogens with one attached hydrogen (secondary N) is 1. The van der Waals surface area contributed by atoms with Crippen molar-refractivity contribution in [3.63, 3.8) is 0 Å². The minimum atomic E-state index is -0.118. The molecule has 7 heteroatoms. The second-order valence-corrected chi connectivity index (χ2v) is 7.63. The Morgan fingerprint density at radius 1 is 1.19 bits per heavy atom. The summed E-state index contributed by atoms with van der Waals surface area (Å²) in [7, 11) is 0. The van der Waals surface area contributed by atoms with E-state index in [1.807, 2.05) is 6.07 Å². The molecule has 1 aliphatic heterocycles. The molecule has 1 aromatic carbocycles. The number of benzene rings is 1. The van der Waals surface area contributed by atoms with Crippen molar-refractivity contribution < 1.29 is 4.74 Å². The Bertz CT molecular complexity index is 922. The van der Waals surface area contributed by atoms with Gasteiger partial charge in [-0.05, 0) is 30.9 Å². The summed E-state index contributed by atoms with van der Waals surface area (Å²) >= 11 is 12.3. The first-order valence-electron chi connectivity index (χ1n) is 8.71. The number of rotatable bonds is 2. The van der Waals surface area contributed by atoms with Gasteiger partial charge >= 0.3 is 0 Å². The van der Waals surface area contributed by atoms with E-state index in [2.05, 4.69) is 16.3 Å². The summed E-state index contributed by atoms with van der Waals surface area (Å²) in [5.41, 5.74) is 9.08. The molecular formula is C19H18Cl2N4O. The Morgan fingerprint density at radius 3 is 2.65 bits per heavy atom. The maximum atomic E-state index is 9.73. The molecule has 1 atom stereocenters. The van der Waals surface area contributed by atoms with Crippen LogP contribution in [0.2, 0.25) is 10.0 Å². The molecule has 26 heavy (non-hydrogen) atoms. The lowest BCUT2D eigenvalue weighted by Crippen LogP contribution is -2.26. The molecule has 1 saturated carbocycles. The van der Waals surface area contributed by atoms with E-state index < -0.39 is 0 Å². The third kappa shape index (κ3) is 2.84. The quantitative estimate of drug-likeness (QED) is 0.745. The fourth-order valence-electron chi connectivity index (χ4n) is 4.09. The summed E-state index contributed by atoms with van der Waals surface area (Å²) in [6.07, 6.45) is 5.69. The van der Waals surface area contributed by atoms with Crippen LogP contribution in [0.5, 0.6) is 5.88 Å². The van der Waals surface area contributed by atoms with Gasteiger partial charge in [0, 0.05) is 11.5 Å². The molecule has 4 rings (SSSR count). The van der Waals surface area contributed by atoms with Crippen molar-refractivity contribution in [1.29, 1.82) is 5.26 Å². The third-order valence-corrected chi connectivity index (χ3v) is 6.05. The van der Waals surface area contributed by atoms with Crippen LogP contribution >= 0.6 is 23.2 Å². The van der Waals surface area contributed by atoms with Crippen LogP contribution in [0.15, 0.2) is 29.7 Å². The van der Waals surface area contributed by atoms with Crippen molar-refractivity contribution in [2.75, 3.05) is 0 Å². The van der Waals surface area contributed by atoms with Gasteiger partial charge in [-0.3, -0.25) is 5.10 Å². The number of nitrogens with two attached hydrogens (primary N) is 1. The number of hydrogen-bond donors (Lipinski definition) is 2. The Morgan fingerprint density at radius 2 is 1.96 bits per heavy atom. The normalized spacial score (nSPS) is 20.4. The van der Waals surface area contributed by atoms with Crippen molar-refractivity contribution in [1.82, 2.24) is 10.2 Å². The molecule has 0 bridgehead atoms. The first-order chi connectivity index (χ1) is 12.6. The van der Waals surface area contributed by atoms with Gasteiger partial charge < -0.3 is 10.5 Å². The highest BCUT2D eigenvalue weighted by Crippen LogP contribution is 2.49. The Balaban J connectivity index is 1.86. The summed E-state index contributed by atoms with van der Waals surface area (Å²) in [4.78, 5) is 0. The van der Waals surface area contributed by atoms with E-state index in [0.29, 0.717) is 27.4 Å². The highest BCUT2D eigenvalue weighted by atomic mass is 35.5. The van der Waals surface area contributed by atoms with Crippen LogP contribution < -0.4 is 10.5 Å². The molecule has 1 aliphatic carbocycles. The molecule has 2 heterocycles. The van der Waals surface area contributed by atoms with E-state index in [1.165, 1.54) is 6.42 Å². The van der Waals surface area contributed by atoms with Crippen molar-refractivity contribution in [2.45, 2.75) is 38.0 Å². The fraction of sp³-hybridized carbons (Fsp3) is 0.368. The zero-order chi connectivity index (χ0) is 18.3. The molecule has 0 unspecified atom stereocenters. The molecule has 1 fully saturated rings. The molecule has 0 radical (unpaired) electrons. The molecule has 5 nitrogen and oxygen atoms in total. The van der Waals surface area contributed by atoms with E-state index in [4.69, 9.17) is 33.7 Å². The average molecular weight is 389 g/mol. The minimum absolute atomic E-state index is 0.118. The standard InChI is InChI=1S/C19H18Cl2N4O/c20-13-7-6-11(8-14(13)21)17-16-15(10-4-2-1-3-5-10)12(9-22)18(23)26-19(16)25-24-17/h6-8,10,15H,1-5,23H2,(H,24,25)/t15-/m1/s1. The maximum absolute atomic E-state index is 9.73. The van der Waals surface area contributed by atoms with Gasteiger partial charge in [-0.15, -0.1) is 5.10 Å². The lowest BCUT2D eigenvalue weighted by Gasteiger charge is -2.33. The number of allylic oxidation sites excluding steroid dienone is 1.